The predicted molar refractivity (Wildman–Crippen MR) is 40.0 cm³/mol. The summed E-state index contributed by atoms with van der Waals surface area (Å²) in [5.74, 6) is -0.273. The molecule has 0 aromatic rings. The van der Waals surface area contributed by atoms with Crippen LogP contribution in [0, 0.1) is 0 Å². The lowest BCUT2D eigenvalue weighted by molar-refractivity contribution is -0.152. The van der Waals surface area contributed by atoms with Crippen LogP contribution in [0.2, 0.25) is 0 Å². The third-order valence-electron chi connectivity index (χ3n) is 1.88. The van der Waals surface area contributed by atoms with Gasteiger partial charge in [-0.15, -0.1) is 0 Å². The van der Waals surface area contributed by atoms with Gasteiger partial charge in [0.1, 0.15) is 0 Å². The van der Waals surface area contributed by atoms with E-state index >= 15 is 0 Å². The Labute approximate surface area is 66.4 Å². The number of hydrogen-bond donors (Lipinski definition) is 1. The zero-order valence-corrected chi connectivity index (χ0v) is 6.75. The van der Waals surface area contributed by atoms with Gasteiger partial charge in [-0.2, -0.15) is 0 Å². The molecule has 0 bridgehead atoms. The molecule has 0 saturated carbocycles. The van der Waals surface area contributed by atoms with Crippen molar-refractivity contribution in [2.75, 3.05) is 0 Å². The molecule has 0 amide bonds. The summed E-state index contributed by atoms with van der Waals surface area (Å²) in [5, 5.41) is 9.17. The third kappa shape index (κ3) is 2.89. The first-order valence-electron chi connectivity index (χ1n) is 4.06. The van der Waals surface area contributed by atoms with Gasteiger partial charge >= 0.3 is 5.97 Å². The maximum Gasteiger partial charge on any atom is 0.308 e. The predicted octanol–water partition coefficient (Wildman–Crippen LogP) is 0.853. The van der Waals surface area contributed by atoms with Gasteiger partial charge in [-0.05, 0) is 26.2 Å². The molecule has 0 aliphatic carbocycles. The average molecular weight is 158 g/mol. The number of aliphatic hydroxyl groups excluding tert-OH is 1. The molecule has 1 fully saturated rings. The van der Waals surface area contributed by atoms with E-state index in [0.29, 0.717) is 0 Å². The van der Waals surface area contributed by atoms with Gasteiger partial charge in [-0.3, -0.25) is 4.79 Å². The van der Waals surface area contributed by atoms with E-state index in [0.717, 1.165) is 19.3 Å². The first-order valence-corrected chi connectivity index (χ1v) is 4.06. The largest absolute Gasteiger partial charge is 0.463 e. The molecule has 1 aliphatic rings. The van der Waals surface area contributed by atoms with E-state index < -0.39 is 6.10 Å². The summed E-state index contributed by atoms with van der Waals surface area (Å²) in [6, 6.07) is 0. The van der Waals surface area contributed by atoms with Crippen molar-refractivity contribution in [3.05, 3.63) is 0 Å². The first-order chi connectivity index (χ1) is 5.18. The minimum Gasteiger partial charge on any atom is -0.463 e. The highest BCUT2D eigenvalue weighted by molar-refractivity contribution is 5.70. The smallest absolute Gasteiger partial charge is 0.308 e. The van der Waals surface area contributed by atoms with E-state index in [1.807, 2.05) is 6.92 Å². The molecule has 0 aromatic heterocycles. The van der Waals surface area contributed by atoms with Crippen LogP contribution in [0.5, 0.6) is 0 Å². The maximum absolute atomic E-state index is 10.9. The number of rotatable bonds is 0. The van der Waals surface area contributed by atoms with Crippen LogP contribution in [-0.4, -0.2) is 23.3 Å². The number of ether oxygens (including phenoxy) is 1. The average Bonchev–Trinajstić information content (AvgIpc) is 1.83. The van der Waals surface area contributed by atoms with Gasteiger partial charge in [0.25, 0.3) is 0 Å². The molecule has 3 nitrogen and oxygen atoms in total. The van der Waals surface area contributed by atoms with E-state index in [1.54, 1.807) is 0 Å². The molecular weight excluding hydrogens is 144 g/mol. The van der Waals surface area contributed by atoms with Crippen molar-refractivity contribution in [1.29, 1.82) is 0 Å². The zero-order chi connectivity index (χ0) is 8.27. The van der Waals surface area contributed by atoms with Gasteiger partial charge in [-0.25, -0.2) is 0 Å². The molecule has 11 heavy (non-hydrogen) atoms. The molecule has 3 heteroatoms. The molecule has 1 N–H and O–H groups in total. The minimum absolute atomic E-state index is 0.0231. The van der Waals surface area contributed by atoms with Gasteiger partial charge in [-0.1, -0.05) is 0 Å². The number of esters is 1. The normalized spacial score (nSPS) is 33.8. The summed E-state index contributed by atoms with van der Waals surface area (Å²) in [5.41, 5.74) is 0. The SMILES string of the molecule is C[C@H]1CCC[C@H](O)CC(=O)O1. The van der Waals surface area contributed by atoms with Crippen molar-refractivity contribution >= 4 is 5.97 Å². The summed E-state index contributed by atoms with van der Waals surface area (Å²) in [6.07, 6.45) is 2.22. The Balaban J connectivity index is 2.41. The number of aliphatic hydroxyl groups is 1. The number of cyclic esters (lactones) is 1. The van der Waals surface area contributed by atoms with Crippen LogP contribution in [0.3, 0.4) is 0 Å². The Morgan fingerprint density at radius 3 is 3.00 bits per heavy atom. The van der Waals surface area contributed by atoms with Crippen LogP contribution in [0.4, 0.5) is 0 Å². The van der Waals surface area contributed by atoms with Crippen molar-refractivity contribution in [1.82, 2.24) is 0 Å². The Bertz CT molecular complexity index is 130. The van der Waals surface area contributed by atoms with Crippen LogP contribution in [-0.2, 0) is 9.53 Å². The Hall–Kier alpha value is -0.570. The molecule has 0 unspecified atom stereocenters. The second-order valence-corrected chi connectivity index (χ2v) is 3.09. The number of carbonyl (C=O) groups excluding carboxylic acids is 1. The molecule has 1 aliphatic heterocycles. The van der Waals surface area contributed by atoms with Crippen LogP contribution >= 0.6 is 0 Å². The third-order valence-corrected chi connectivity index (χ3v) is 1.88. The summed E-state index contributed by atoms with van der Waals surface area (Å²) >= 11 is 0. The van der Waals surface area contributed by atoms with Crippen LogP contribution in [0.1, 0.15) is 32.6 Å². The molecule has 1 rings (SSSR count). The van der Waals surface area contributed by atoms with Crippen LogP contribution in [0.15, 0.2) is 0 Å². The lowest BCUT2D eigenvalue weighted by atomic mass is 10.1. The fraction of sp³-hybridized carbons (Fsp3) is 0.875. The van der Waals surface area contributed by atoms with Gasteiger partial charge < -0.3 is 9.84 Å². The van der Waals surface area contributed by atoms with Crippen molar-refractivity contribution in [2.24, 2.45) is 0 Å². The summed E-state index contributed by atoms with van der Waals surface area (Å²) < 4.78 is 4.96. The van der Waals surface area contributed by atoms with E-state index in [2.05, 4.69) is 0 Å². The molecule has 0 aromatic carbocycles. The number of carbonyl (C=O) groups is 1. The lowest BCUT2D eigenvalue weighted by Crippen LogP contribution is -2.23. The standard InChI is InChI=1S/C8H14O3/c1-6-3-2-4-7(9)5-8(10)11-6/h6-7,9H,2-5H2,1H3/t6-,7-/m0/s1. The zero-order valence-electron chi connectivity index (χ0n) is 6.75. The van der Waals surface area contributed by atoms with Crippen LogP contribution in [0.25, 0.3) is 0 Å². The molecule has 64 valence electrons. The molecule has 1 saturated heterocycles. The topological polar surface area (TPSA) is 46.5 Å². The first kappa shape index (κ1) is 8.53. The monoisotopic (exact) mass is 158 g/mol. The maximum atomic E-state index is 10.9. The quantitative estimate of drug-likeness (QED) is 0.532. The molecular formula is C8H14O3. The van der Waals surface area contributed by atoms with Gasteiger partial charge in [0.15, 0.2) is 0 Å². The number of hydrogen-bond acceptors (Lipinski definition) is 3. The van der Waals surface area contributed by atoms with Crippen molar-refractivity contribution in [3.63, 3.8) is 0 Å². The van der Waals surface area contributed by atoms with Crippen molar-refractivity contribution < 1.29 is 14.6 Å². The second kappa shape index (κ2) is 3.72. The highest BCUT2D eigenvalue weighted by Gasteiger charge is 2.18. The van der Waals surface area contributed by atoms with Crippen molar-refractivity contribution in [2.45, 2.75) is 44.8 Å². The molecule has 1 heterocycles. The van der Waals surface area contributed by atoms with Crippen LogP contribution < -0.4 is 0 Å². The van der Waals surface area contributed by atoms with E-state index in [4.69, 9.17) is 4.74 Å². The summed E-state index contributed by atoms with van der Waals surface area (Å²) in [7, 11) is 0. The highest BCUT2D eigenvalue weighted by atomic mass is 16.5. The molecule has 0 spiro atoms. The molecule has 2 atom stereocenters. The van der Waals surface area contributed by atoms with E-state index in [9.17, 15) is 9.90 Å². The summed E-state index contributed by atoms with van der Waals surface area (Å²) in [4.78, 5) is 10.9. The Morgan fingerprint density at radius 2 is 2.27 bits per heavy atom. The van der Waals surface area contributed by atoms with Gasteiger partial charge in [0.05, 0.1) is 18.6 Å². The fourth-order valence-electron chi connectivity index (χ4n) is 1.27. The second-order valence-electron chi connectivity index (χ2n) is 3.09. The van der Waals surface area contributed by atoms with Gasteiger partial charge in [0.2, 0.25) is 0 Å². The minimum atomic E-state index is -0.491. The highest BCUT2D eigenvalue weighted by Crippen LogP contribution is 2.14. The van der Waals surface area contributed by atoms with Gasteiger partial charge in [0, 0.05) is 0 Å². The van der Waals surface area contributed by atoms with E-state index in [-0.39, 0.29) is 18.5 Å². The van der Waals surface area contributed by atoms with Crippen molar-refractivity contribution in [3.8, 4) is 0 Å². The van der Waals surface area contributed by atoms with E-state index in [1.165, 1.54) is 0 Å². The Kier molecular flexibility index (Phi) is 2.88. The fourth-order valence-corrected chi connectivity index (χ4v) is 1.27. The summed E-state index contributed by atoms with van der Waals surface area (Å²) in [6.45, 7) is 1.88. The Morgan fingerprint density at radius 1 is 1.55 bits per heavy atom. The lowest BCUT2D eigenvalue weighted by Gasteiger charge is -2.19. The molecule has 0 radical (unpaired) electrons.